The highest BCUT2D eigenvalue weighted by molar-refractivity contribution is 4.51. The first-order chi connectivity index (χ1) is 6.02. The molecule has 80 valence electrons. The van der Waals surface area contributed by atoms with E-state index < -0.39 is 6.10 Å². The molecule has 2 atom stereocenters. The van der Waals surface area contributed by atoms with Crippen LogP contribution in [0.4, 0.5) is 0 Å². The predicted molar refractivity (Wildman–Crippen MR) is 52.8 cm³/mol. The minimum absolute atomic E-state index is 0.0633. The molecule has 0 rings (SSSR count). The Labute approximate surface area is 81.0 Å². The van der Waals surface area contributed by atoms with E-state index in [2.05, 4.69) is 13.8 Å². The lowest BCUT2D eigenvalue weighted by atomic mass is 10.2. The molecule has 0 radical (unpaired) electrons. The minimum Gasteiger partial charge on any atom is -0.391 e. The molecule has 0 spiro atoms. The molecule has 0 bridgehead atoms. The first-order valence-electron chi connectivity index (χ1n) is 4.89. The molecule has 0 aliphatic carbocycles. The van der Waals surface area contributed by atoms with Crippen LogP contribution in [0.5, 0.6) is 0 Å². The molecule has 0 heterocycles. The third kappa shape index (κ3) is 9.80. The predicted octanol–water partition coefficient (Wildman–Crippen LogP) is 1.44. The van der Waals surface area contributed by atoms with Crippen molar-refractivity contribution in [3.63, 3.8) is 0 Å². The summed E-state index contributed by atoms with van der Waals surface area (Å²) >= 11 is 0. The summed E-state index contributed by atoms with van der Waals surface area (Å²) in [4.78, 5) is 0. The van der Waals surface area contributed by atoms with Crippen molar-refractivity contribution in [2.45, 2.75) is 39.9 Å². The molecular formula is C10H22O3. The lowest BCUT2D eigenvalue weighted by Crippen LogP contribution is -2.22. The quantitative estimate of drug-likeness (QED) is 0.660. The van der Waals surface area contributed by atoms with E-state index in [1.807, 2.05) is 6.92 Å². The third-order valence-corrected chi connectivity index (χ3v) is 1.43. The summed E-state index contributed by atoms with van der Waals surface area (Å²) in [5, 5.41) is 8.95. The van der Waals surface area contributed by atoms with Gasteiger partial charge in [0.15, 0.2) is 0 Å². The average molecular weight is 190 g/mol. The zero-order valence-corrected chi connectivity index (χ0v) is 9.12. The highest BCUT2D eigenvalue weighted by Crippen LogP contribution is 1.97. The van der Waals surface area contributed by atoms with Crippen molar-refractivity contribution in [1.29, 1.82) is 0 Å². The van der Waals surface area contributed by atoms with Crippen molar-refractivity contribution in [3.8, 4) is 0 Å². The Balaban J connectivity index is 3.25. The van der Waals surface area contributed by atoms with Crippen LogP contribution >= 0.6 is 0 Å². The first kappa shape index (κ1) is 12.9. The van der Waals surface area contributed by atoms with E-state index in [0.29, 0.717) is 19.1 Å². The second-order valence-corrected chi connectivity index (χ2v) is 3.92. The van der Waals surface area contributed by atoms with E-state index >= 15 is 0 Å². The van der Waals surface area contributed by atoms with E-state index in [-0.39, 0.29) is 6.10 Å². The zero-order chi connectivity index (χ0) is 10.3. The van der Waals surface area contributed by atoms with Gasteiger partial charge in [0, 0.05) is 6.61 Å². The molecule has 13 heavy (non-hydrogen) atoms. The summed E-state index contributed by atoms with van der Waals surface area (Å²) in [7, 11) is 0. The van der Waals surface area contributed by atoms with Crippen molar-refractivity contribution in [2.24, 2.45) is 5.92 Å². The fourth-order valence-electron chi connectivity index (χ4n) is 0.821. The van der Waals surface area contributed by atoms with Crippen LogP contribution < -0.4 is 0 Å². The standard InChI is InChI=1S/C10H22O3/c1-8(2)5-12-7-10(4)13-6-9(3)11/h8-11H,5-7H2,1-4H3/t9-,10-/m1/s1. The maximum absolute atomic E-state index is 8.95. The smallest absolute Gasteiger partial charge is 0.0781 e. The lowest BCUT2D eigenvalue weighted by Gasteiger charge is -2.15. The molecule has 0 fully saturated rings. The maximum Gasteiger partial charge on any atom is 0.0781 e. The first-order valence-corrected chi connectivity index (χ1v) is 4.89. The van der Waals surface area contributed by atoms with Crippen molar-refractivity contribution in [2.75, 3.05) is 19.8 Å². The summed E-state index contributed by atoms with van der Waals surface area (Å²) in [6.07, 6.45) is -0.333. The Morgan fingerprint density at radius 1 is 1.00 bits per heavy atom. The SMILES string of the molecule is CC(C)COC[C@@H](C)OC[C@@H](C)O. The molecule has 1 N–H and O–H groups in total. The minimum atomic E-state index is -0.396. The van der Waals surface area contributed by atoms with Crippen LogP contribution in [0, 0.1) is 5.92 Å². The maximum atomic E-state index is 8.95. The van der Waals surface area contributed by atoms with Gasteiger partial charge in [0.05, 0.1) is 25.4 Å². The summed E-state index contributed by atoms with van der Waals surface area (Å²) in [5.41, 5.74) is 0. The van der Waals surface area contributed by atoms with Crippen molar-refractivity contribution in [1.82, 2.24) is 0 Å². The van der Waals surface area contributed by atoms with Crippen LogP contribution in [-0.2, 0) is 9.47 Å². The van der Waals surface area contributed by atoms with E-state index in [9.17, 15) is 0 Å². The van der Waals surface area contributed by atoms with Crippen LogP contribution in [0.3, 0.4) is 0 Å². The van der Waals surface area contributed by atoms with Gasteiger partial charge < -0.3 is 14.6 Å². The van der Waals surface area contributed by atoms with E-state index in [1.165, 1.54) is 0 Å². The van der Waals surface area contributed by atoms with E-state index in [4.69, 9.17) is 14.6 Å². The van der Waals surface area contributed by atoms with Gasteiger partial charge in [0.1, 0.15) is 0 Å². The normalized spacial score (nSPS) is 16.2. The molecule has 0 aromatic heterocycles. The monoisotopic (exact) mass is 190 g/mol. The number of ether oxygens (including phenoxy) is 2. The van der Waals surface area contributed by atoms with Crippen molar-refractivity contribution >= 4 is 0 Å². The Morgan fingerprint density at radius 3 is 2.08 bits per heavy atom. The van der Waals surface area contributed by atoms with Gasteiger partial charge >= 0.3 is 0 Å². The van der Waals surface area contributed by atoms with Crippen LogP contribution in [0.15, 0.2) is 0 Å². The average Bonchev–Trinajstić information content (AvgIpc) is 2.00. The van der Waals surface area contributed by atoms with Gasteiger partial charge in [0.2, 0.25) is 0 Å². The van der Waals surface area contributed by atoms with Gasteiger partial charge in [-0.25, -0.2) is 0 Å². The van der Waals surface area contributed by atoms with Gasteiger partial charge in [-0.05, 0) is 19.8 Å². The number of rotatable bonds is 7. The third-order valence-electron chi connectivity index (χ3n) is 1.43. The Kier molecular flexibility index (Phi) is 7.23. The molecule has 0 aliphatic heterocycles. The number of aliphatic hydroxyl groups excluding tert-OH is 1. The van der Waals surface area contributed by atoms with E-state index in [0.717, 1.165) is 6.61 Å². The van der Waals surface area contributed by atoms with Crippen molar-refractivity contribution < 1.29 is 14.6 Å². The number of hydrogen-bond donors (Lipinski definition) is 1. The highest BCUT2D eigenvalue weighted by atomic mass is 16.5. The van der Waals surface area contributed by atoms with Crippen LogP contribution in [-0.4, -0.2) is 37.1 Å². The second kappa shape index (κ2) is 7.30. The zero-order valence-electron chi connectivity index (χ0n) is 9.12. The molecule has 0 aliphatic rings. The van der Waals surface area contributed by atoms with Crippen LogP contribution in [0.25, 0.3) is 0 Å². The van der Waals surface area contributed by atoms with Crippen LogP contribution in [0.2, 0.25) is 0 Å². The fraction of sp³-hybridized carbons (Fsp3) is 1.00. The van der Waals surface area contributed by atoms with Gasteiger partial charge in [-0.1, -0.05) is 13.8 Å². The summed E-state index contributed by atoms with van der Waals surface area (Å²) in [6.45, 7) is 9.63. The molecular weight excluding hydrogens is 168 g/mol. The molecule has 0 amide bonds. The van der Waals surface area contributed by atoms with Gasteiger partial charge in [-0.15, -0.1) is 0 Å². The van der Waals surface area contributed by atoms with Gasteiger partial charge in [-0.2, -0.15) is 0 Å². The molecule has 3 nitrogen and oxygen atoms in total. The molecule has 0 aromatic rings. The van der Waals surface area contributed by atoms with Crippen LogP contribution in [0.1, 0.15) is 27.7 Å². The topological polar surface area (TPSA) is 38.7 Å². The summed E-state index contributed by atoms with van der Waals surface area (Å²) < 4.78 is 10.7. The molecule has 0 saturated carbocycles. The summed E-state index contributed by atoms with van der Waals surface area (Å²) in [5.74, 6) is 0.559. The Hall–Kier alpha value is -0.120. The van der Waals surface area contributed by atoms with Crippen molar-refractivity contribution in [3.05, 3.63) is 0 Å². The molecule has 0 saturated heterocycles. The molecule has 3 heteroatoms. The summed E-state index contributed by atoms with van der Waals surface area (Å²) in [6, 6.07) is 0. The molecule has 0 unspecified atom stereocenters. The highest BCUT2D eigenvalue weighted by Gasteiger charge is 2.04. The fourth-order valence-corrected chi connectivity index (χ4v) is 0.821. The number of hydrogen-bond acceptors (Lipinski definition) is 3. The second-order valence-electron chi connectivity index (χ2n) is 3.92. The van der Waals surface area contributed by atoms with E-state index in [1.54, 1.807) is 6.92 Å². The van der Waals surface area contributed by atoms with Gasteiger partial charge in [-0.3, -0.25) is 0 Å². The number of aliphatic hydroxyl groups is 1. The Morgan fingerprint density at radius 2 is 1.62 bits per heavy atom. The van der Waals surface area contributed by atoms with Gasteiger partial charge in [0.25, 0.3) is 0 Å². The largest absolute Gasteiger partial charge is 0.391 e. The molecule has 0 aromatic carbocycles. The Bertz CT molecular complexity index is 113. The lowest BCUT2D eigenvalue weighted by molar-refractivity contribution is -0.0402.